The molecule has 1 atom stereocenters. The zero-order valence-corrected chi connectivity index (χ0v) is 12.9. The summed E-state index contributed by atoms with van der Waals surface area (Å²) in [5.41, 5.74) is 2.78. The molecule has 18 heavy (non-hydrogen) atoms. The highest BCUT2D eigenvalue weighted by atomic mass is 32.2. The second-order valence-electron chi connectivity index (χ2n) is 4.82. The summed E-state index contributed by atoms with van der Waals surface area (Å²) in [5.74, 6) is 1.19. The van der Waals surface area contributed by atoms with Crippen molar-refractivity contribution >= 4 is 11.8 Å². The molecule has 0 aromatic heterocycles. The smallest absolute Gasteiger partial charge is 0.0233 e. The van der Waals surface area contributed by atoms with E-state index in [9.17, 15) is 0 Å². The molecule has 1 rings (SSSR count). The van der Waals surface area contributed by atoms with Crippen molar-refractivity contribution in [2.24, 2.45) is 0 Å². The maximum atomic E-state index is 3.37. The largest absolute Gasteiger partial charge is 0.313 e. The van der Waals surface area contributed by atoms with E-state index in [1.807, 2.05) is 11.8 Å². The van der Waals surface area contributed by atoms with Crippen LogP contribution in [0.2, 0.25) is 0 Å². The molecule has 3 heteroatoms. The molecule has 0 saturated heterocycles. The van der Waals surface area contributed by atoms with Gasteiger partial charge in [-0.05, 0) is 37.9 Å². The molecule has 1 unspecified atom stereocenters. The molecule has 0 aliphatic heterocycles. The van der Waals surface area contributed by atoms with Gasteiger partial charge in [-0.25, -0.2) is 0 Å². The average molecular weight is 266 g/mol. The molecule has 0 saturated carbocycles. The van der Waals surface area contributed by atoms with E-state index >= 15 is 0 Å². The fourth-order valence-electron chi connectivity index (χ4n) is 1.92. The highest BCUT2D eigenvalue weighted by Crippen LogP contribution is 2.11. The topological polar surface area (TPSA) is 15.3 Å². The van der Waals surface area contributed by atoms with Gasteiger partial charge in [-0.1, -0.05) is 31.2 Å². The summed E-state index contributed by atoms with van der Waals surface area (Å²) in [6, 6.07) is 9.51. The molecular weight excluding hydrogens is 240 g/mol. The lowest BCUT2D eigenvalue weighted by atomic mass is 10.1. The summed E-state index contributed by atoms with van der Waals surface area (Å²) in [5, 5.41) is 3.37. The summed E-state index contributed by atoms with van der Waals surface area (Å²) < 4.78 is 0. The Morgan fingerprint density at radius 2 is 2.06 bits per heavy atom. The van der Waals surface area contributed by atoms with Crippen molar-refractivity contribution in [1.82, 2.24) is 10.2 Å². The van der Waals surface area contributed by atoms with E-state index in [0.29, 0.717) is 6.04 Å². The predicted molar refractivity (Wildman–Crippen MR) is 83.1 cm³/mol. The van der Waals surface area contributed by atoms with Crippen LogP contribution in [0.15, 0.2) is 24.3 Å². The molecule has 0 spiro atoms. The summed E-state index contributed by atoms with van der Waals surface area (Å²) in [4.78, 5) is 2.42. The molecule has 0 aliphatic carbocycles. The fraction of sp³-hybridized carbons (Fsp3) is 0.600. The van der Waals surface area contributed by atoms with Crippen LogP contribution in [0.25, 0.3) is 0 Å². The molecule has 0 fully saturated rings. The van der Waals surface area contributed by atoms with Crippen molar-refractivity contribution in [2.45, 2.75) is 33.0 Å². The first-order valence-electron chi connectivity index (χ1n) is 6.65. The first-order chi connectivity index (χ1) is 8.67. The minimum absolute atomic E-state index is 0.623. The number of benzene rings is 1. The number of nitrogens with one attached hydrogen (secondary N) is 1. The van der Waals surface area contributed by atoms with Crippen LogP contribution < -0.4 is 5.32 Å². The standard InChI is InChI=1S/C15H26N2S/c1-5-16-10-14-7-6-8-15(9-14)11-17(3)13(2)12-18-4/h6-9,13,16H,5,10-12H2,1-4H3. The second kappa shape index (κ2) is 8.57. The van der Waals surface area contributed by atoms with Crippen LogP contribution in [0.3, 0.4) is 0 Å². The third kappa shape index (κ3) is 5.42. The maximum absolute atomic E-state index is 3.37. The van der Waals surface area contributed by atoms with E-state index < -0.39 is 0 Å². The highest BCUT2D eigenvalue weighted by Gasteiger charge is 2.08. The van der Waals surface area contributed by atoms with Gasteiger partial charge >= 0.3 is 0 Å². The molecule has 1 aromatic carbocycles. The monoisotopic (exact) mass is 266 g/mol. The lowest BCUT2D eigenvalue weighted by Gasteiger charge is -2.24. The number of hydrogen-bond acceptors (Lipinski definition) is 3. The quantitative estimate of drug-likeness (QED) is 0.779. The Morgan fingerprint density at radius 3 is 2.72 bits per heavy atom. The molecule has 0 amide bonds. The van der Waals surface area contributed by atoms with Gasteiger partial charge in [0, 0.05) is 24.9 Å². The van der Waals surface area contributed by atoms with Crippen LogP contribution in [-0.4, -0.2) is 36.5 Å². The van der Waals surface area contributed by atoms with Gasteiger partial charge in [-0.2, -0.15) is 11.8 Å². The molecule has 0 radical (unpaired) electrons. The number of thioether (sulfide) groups is 1. The summed E-state index contributed by atoms with van der Waals surface area (Å²) in [6.07, 6.45) is 2.17. The molecule has 0 heterocycles. The maximum Gasteiger partial charge on any atom is 0.0233 e. The lowest BCUT2D eigenvalue weighted by molar-refractivity contribution is 0.269. The molecule has 102 valence electrons. The van der Waals surface area contributed by atoms with E-state index in [0.717, 1.165) is 19.6 Å². The van der Waals surface area contributed by atoms with Crippen LogP contribution in [0.5, 0.6) is 0 Å². The van der Waals surface area contributed by atoms with Crippen molar-refractivity contribution in [3.8, 4) is 0 Å². The van der Waals surface area contributed by atoms with Gasteiger partial charge in [-0.15, -0.1) is 0 Å². The van der Waals surface area contributed by atoms with Crippen molar-refractivity contribution in [3.63, 3.8) is 0 Å². The minimum Gasteiger partial charge on any atom is -0.313 e. The van der Waals surface area contributed by atoms with E-state index in [1.165, 1.54) is 16.9 Å². The highest BCUT2D eigenvalue weighted by molar-refractivity contribution is 7.98. The van der Waals surface area contributed by atoms with Crippen molar-refractivity contribution in [2.75, 3.05) is 25.6 Å². The molecular formula is C15H26N2S. The van der Waals surface area contributed by atoms with Crippen LogP contribution in [0.1, 0.15) is 25.0 Å². The Bertz CT molecular complexity index is 341. The lowest BCUT2D eigenvalue weighted by Crippen LogP contribution is -2.30. The van der Waals surface area contributed by atoms with E-state index in [2.05, 4.69) is 61.6 Å². The van der Waals surface area contributed by atoms with Crippen LogP contribution in [0, 0.1) is 0 Å². The molecule has 2 nitrogen and oxygen atoms in total. The van der Waals surface area contributed by atoms with Crippen LogP contribution >= 0.6 is 11.8 Å². The van der Waals surface area contributed by atoms with Gasteiger partial charge in [0.15, 0.2) is 0 Å². The Hall–Kier alpha value is -0.510. The SMILES string of the molecule is CCNCc1cccc(CN(C)C(C)CSC)c1. The van der Waals surface area contributed by atoms with Gasteiger partial charge in [-0.3, -0.25) is 4.90 Å². The Kier molecular flexibility index (Phi) is 7.40. The molecule has 1 aromatic rings. The number of rotatable bonds is 8. The van der Waals surface area contributed by atoms with Crippen LogP contribution in [-0.2, 0) is 13.1 Å². The molecule has 0 aliphatic rings. The predicted octanol–water partition coefficient (Wildman–Crippen LogP) is 2.98. The summed E-state index contributed by atoms with van der Waals surface area (Å²) in [7, 11) is 2.21. The first kappa shape index (κ1) is 15.5. The number of hydrogen-bond donors (Lipinski definition) is 1. The van der Waals surface area contributed by atoms with Gasteiger partial charge in [0.25, 0.3) is 0 Å². The normalized spacial score (nSPS) is 12.9. The summed E-state index contributed by atoms with van der Waals surface area (Å²) >= 11 is 1.91. The van der Waals surface area contributed by atoms with Crippen molar-refractivity contribution in [3.05, 3.63) is 35.4 Å². The average Bonchev–Trinajstić information content (AvgIpc) is 2.37. The fourth-order valence-corrected chi connectivity index (χ4v) is 2.66. The Morgan fingerprint density at radius 1 is 1.33 bits per heavy atom. The number of nitrogens with zero attached hydrogens (tertiary/aromatic N) is 1. The van der Waals surface area contributed by atoms with Gasteiger partial charge < -0.3 is 5.32 Å². The van der Waals surface area contributed by atoms with Gasteiger partial charge in [0.05, 0.1) is 0 Å². The second-order valence-corrected chi connectivity index (χ2v) is 5.73. The van der Waals surface area contributed by atoms with E-state index in [4.69, 9.17) is 0 Å². The minimum atomic E-state index is 0.623. The van der Waals surface area contributed by atoms with Crippen LogP contribution in [0.4, 0.5) is 0 Å². The Balaban J connectivity index is 2.55. The first-order valence-corrected chi connectivity index (χ1v) is 8.04. The third-order valence-electron chi connectivity index (χ3n) is 3.16. The van der Waals surface area contributed by atoms with Gasteiger partial charge in [0.2, 0.25) is 0 Å². The zero-order chi connectivity index (χ0) is 13.4. The van der Waals surface area contributed by atoms with Crippen molar-refractivity contribution in [1.29, 1.82) is 0 Å². The third-order valence-corrected chi connectivity index (χ3v) is 3.98. The van der Waals surface area contributed by atoms with Crippen molar-refractivity contribution < 1.29 is 0 Å². The summed E-state index contributed by atoms with van der Waals surface area (Å²) in [6.45, 7) is 7.45. The zero-order valence-electron chi connectivity index (χ0n) is 12.1. The van der Waals surface area contributed by atoms with E-state index in [1.54, 1.807) is 0 Å². The molecule has 0 bridgehead atoms. The Labute approximate surface area is 116 Å². The van der Waals surface area contributed by atoms with E-state index in [-0.39, 0.29) is 0 Å². The van der Waals surface area contributed by atoms with Gasteiger partial charge in [0.1, 0.15) is 0 Å². The molecule has 1 N–H and O–H groups in total.